The molecule has 1 amide bonds. The minimum Gasteiger partial charge on any atom is -0.507 e. The molecule has 0 radical (unpaired) electrons. The Hall–Kier alpha value is -3.52. The van der Waals surface area contributed by atoms with Crippen molar-refractivity contribution in [3.63, 3.8) is 0 Å². The van der Waals surface area contributed by atoms with Gasteiger partial charge in [-0.25, -0.2) is 4.98 Å². The molecule has 0 unspecified atom stereocenters. The van der Waals surface area contributed by atoms with Gasteiger partial charge in [-0.2, -0.15) is 0 Å². The lowest BCUT2D eigenvalue weighted by molar-refractivity contribution is -0.140. The zero-order valence-electron chi connectivity index (χ0n) is 16.7. The maximum Gasteiger partial charge on any atom is 0.295 e. The monoisotopic (exact) mass is 441 g/mol. The van der Waals surface area contributed by atoms with Crippen molar-refractivity contribution in [2.75, 3.05) is 13.7 Å². The molecule has 3 aromatic rings. The number of nitrogens with zero attached hydrogens (tertiary/aromatic N) is 3. The quantitative estimate of drug-likeness (QED) is 0.341. The van der Waals surface area contributed by atoms with Gasteiger partial charge in [0.15, 0.2) is 0 Å². The van der Waals surface area contributed by atoms with Crippen LogP contribution < -0.4 is 4.74 Å². The first kappa shape index (κ1) is 20.7. The highest BCUT2D eigenvalue weighted by atomic mass is 35.5. The number of Topliss-reactive ketones (excluding diaryl/α,β-unsaturated/α-hetero) is 1. The Morgan fingerprint density at radius 2 is 2.13 bits per heavy atom. The number of ketones is 1. The maximum absolute atomic E-state index is 13.0. The van der Waals surface area contributed by atoms with Gasteiger partial charge >= 0.3 is 0 Å². The van der Waals surface area contributed by atoms with Crippen LogP contribution in [0.2, 0.25) is 5.02 Å². The van der Waals surface area contributed by atoms with Gasteiger partial charge in [0.1, 0.15) is 23.3 Å². The van der Waals surface area contributed by atoms with E-state index >= 15 is 0 Å². The molecular weight excluding hydrogens is 422 g/mol. The summed E-state index contributed by atoms with van der Waals surface area (Å²) in [6.45, 7) is 0.910. The van der Waals surface area contributed by atoms with Crippen LogP contribution in [-0.2, 0) is 16.1 Å². The number of carbonyl (C=O) groups excluding carboxylic acids is 2. The standard InChI is InChI=1S/C22H20ClN3O5/c1-30-16-6-5-14(23)12-15(16)20(27)18-19(17-4-2-11-31-17)26(22(29)21(18)28)9-3-8-25-10-7-24-13-25/h2,4-7,10-13,19,27H,3,8-9H2,1H3/b20-18+/t19-/m0/s1. The number of carbonyl (C=O) groups is 2. The van der Waals surface area contributed by atoms with Crippen molar-refractivity contribution in [2.45, 2.75) is 19.0 Å². The molecule has 1 aliphatic rings. The number of benzene rings is 1. The van der Waals surface area contributed by atoms with Gasteiger partial charge in [-0.3, -0.25) is 9.59 Å². The summed E-state index contributed by atoms with van der Waals surface area (Å²) < 4.78 is 12.7. The molecule has 31 heavy (non-hydrogen) atoms. The molecule has 1 atom stereocenters. The molecule has 0 bridgehead atoms. The number of ether oxygens (including phenoxy) is 1. The number of hydrogen-bond donors (Lipinski definition) is 1. The Bertz CT molecular complexity index is 1120. The molecule has 0 aliphatic carbocycles. The molecule has 160 valence electrons. The Labute approximate surface area is 183 Å². The normalized spacial score (nSPS) is 18.0. The number of aliphatic hydroxyl groups is 1. The van der Waals surface area contributed by atoms with Gasteiger partial charge in [0.25, 0.3) is 11.7 Å². The van der Waals surface area contributed by atoms with Crippen LogP contribution in [0.3, 0.4) is 0 Å². The summed E-state index contributed by atoms with van der Waals surface area (Å²) in [5.74, 6) is -1.15. The summed E-state index contributed by atoms with van der Waals surface area (Å²) in [5, 5.41) is 11.4. The maximum atomic E-state index is 13.0. The molecule has 2 aromatic heterocycles. The highest BCUT2D eigenvalue weighted by molar-refractivity contribution is 6.46. The van der Waals surface area contributed by atoms with Crippen LogP contribution in [0.25, 0.3) is 5.76 Å². The largest absolute Gasteiger partial charge is 0.507 e. The summed E-state index contributed by atoms with van der Waals surface area (Å²) >= 11 is 6.09. The second kappa shape index (κ2) is 8.69. The third-order valence-corrected chi connectivity index (χ3v) is 5.38. The second-order valence-corrected chi connectivity index (χ2v) is 7.44. The number of halogens is 1. The van der Waals surface area contributed by atoms with Gasteiger partial charge in [-0.1, -0.05) is 11.6 Å². The minimum absolute atomic E-state index is 0.0665. The minimum atomic E-state index is -0.860. The molecule has 8 nitrogen and oxygen atoms in total. The number of hydrogen-bond acceptors (Lipinski definition) is 6. The second-order valence-electron chi connectivity index (χ2n) is 7.01. The van der Waals surface area contributed by atoms with E-state index in [-0.39, 0.29) is 23.4 Å². The van der Waals surface area contributed by atoms with Gasteiger partial charge in [0.05, 0.1) is 30.8 Å². The van der Waals surface area contributed by atoms with Gasteiger partial charge in [0.2, 0.25) is 0 Å². The van der Waals surface area contributed by atoms with Crippen LogP contribution in [0.1, 0.15) is 23.8 Å². The van der Waals surface area contributed by atoms with Crippen molar-refractivity contribution >= 4 is 29.1 Å². The van der Waals surface area contributed by atoms with E-state index < -0.39 is 17.7 Å². The summed E-state index contributed by atoms with van der Waals surface area (Å²) in [7, 11) is 1.44. The Balaban J connectivity index is 1.74. The molecule has 0 saturated carbocycles. The van der Waals surface area contributed by atoms with E-state index in [1.807, 2.05) is 10.8 Å². The Morgan fingerprint density at radius 3 is 2.81 bits per heavy atom. The topological polar surface area (TPSA) is 97.8 Å². The van der Waals surface area contributed by atoms with E-state index in [0.29, 0.717) is 29.5 Å². The van der Waals surface area contributed by atoms with Gasteiger partial charge in [0, 0.05) is 30.5 Å². The summed E-state index contributed by atoms with van der Waals surface area (Å²) in [4.78, 5) is 31.3. The fourth-order valence-corrected chi connectivity index (χ4v) is 3.88. The predicted molar refractivity (Wildman–Crippen MR) is 113 cm³/mol. The van der Waals surface area contributed by atoms with Crippen molar-refractivity contribution in [1.29, 1.82) is 0 Å². The number of furan rings is 1. The van der Waals surface area contributed by atoms with Crippen LogP contribution in [0.5, 0.6) is 5.75 Å². The number of aliphatic hydroxyl groups excluding tert-OH is 1. The van der Waals surface area contributed by atoms with Crippen LogP contribution in [-0.4, -0.2) is 44.9 Å². The van der Waals surface area contributed by atoms with Crippen LogP contribution in [0, 0.1) is 0 Å². The highest BCUT2D eigenvalue weighted by Gasteiger charge is 2.47. The zero-order valence-corrected chi connectivity index (χ0v) is 17.5. The number of aryl methyl sites for hydroxylation is 1. The fraction of sp³-hybridized carbons (Fsp3) is 0.227. The lowest BCUT2D eigenvalue weighted by Crippen LogP contribution is -2.31. The third kappa shape index (κ3) is 3.94. The van der Waals surface area contributed by atoms with Gasteiger partial charge in [-0.15, -0.1) is 0 Å². The number of methoxy groups -OCH3 is 1. The molecule has 0 spiro atoms. The van der Waals surface area contributed by atoms with Crippen LogP contribution in [0.4, 0.5) is 0 Å². The van der Waals surface area contributed by atoms with Gasteiger partial charge < -0.3 is 23.7 Å². The van der Waals surface area contributed by atoms with Crippen LogP contribution in [0.15, 0.2) is 65.3 Å². The van der Waals surface area contributed by atoms with E-state index in [4.69, 9.17) is 20.8 Å². The van der Waals surface area contributed by atoms with E-state index in [1.54, 1.807) is 36.8 Å². The summed E-state index contributed by atoms with van der Waals surface area (Å²) in [6, 6.07) is 7.15. The lowest BCUT2D eigenvalue weighted by atomic mass is 9.98. The van der Waals surface area contributed by atoms with Crippen molar-refractivity contribution in [3.05, 3.63) is 77.2 Å². The van der Waals surface area contributed by atoms with Crippen molar-refractivity contribution in [3.8, 4) is 5.75 Å². The molecule has 1 saturated heterocycles. The van der Waals surface area contributed by atoms with Crippen molar-refractivity contribution < 1.29 is 23.8 Å². The van der Waals surface area contributed by atoms with E-state index in [9.17, 15) is 14.7 Å². The molecule has 1 aliphatic heterocycles. The Morgan fingerprint density at radius 1 is 1.29 bits per heavy atom. The first-order chi connectivity index (χ1) is 15.0. The van der Waals surface area contributed by atoms with E-state index in [2.05, 4.69) is 4.98 Å². The number of likely N-dealkylation sites (tertiary alicyclic amines) is 1. The van der Waals surface area contributed by atoms with E-state index in [0.717, 1.165) is 0 Å². The summed E-state index contributed by atoms with van der Waals surface area (Å²) in [6.07, 6.45) is 7.22. The van der Waals surface area contributed by atoms with E-state index in [1.165, 1.54) is 24.3 Å². The molecule has 4 rings (SSSR count). The fourth-order valence-electron chi connectivity index (χ4n) is 3.71. The van der Waals surface area contributed by atoms with Crippen molar-refractivity contribution in [1.82, 2.24) is 14.5 Å². The lowest BCUT2D eigenvalue weighted by Gasteiger charge is -2.23. The smallest absolute Gasteiger partial charge is 0.295 e. The number of amides is 1. The van der Waals surface area contributed by atoms with Crippen LogP contribution >= 0.6 is 11.6 Å². The zero-order chi connectivity index (χ0) is 22.0. The average molecular weight is 442 g/mol. The Kier molecular flexibility index (Phi) is 5.81. The number of imidazole rings is 1. The third-order valence-electron chi connectivity index (χ3n) is 5.14. The predicted octanol–water partition coefficient (Wildman–Crippen LogP) is 3.65. The average Bonchev–Trinajstić information content (AvgIpc) is 3.52. The molecule has 1 aromatic carbocycles. The molecule has 9 heteroatoms. The number of aromatic nitrogens is 2. The number of rotatable bonds is 7. The molecule has 1 N–H and O–H groups in total. The highest BCUT2D eigenvalue weighted by Crippen LogP contribution is 2.41. The molecule has 3 heterocycles. The van der Waals surface area contributed by atoms with Crippen molar-refractivity contribution in [2.24, 2.45) is 0 Å². The summed E-state index contributed by atoms with van der Waals surface area (Å²) in [5.41, 5.74) is 0.158. The first-order valence-electron chi connectivity index (χ1n) is 9.62. The van der Waals surface area contributed by atoms with Gasteiger partial charge in [-0.05, 0) is 36.8 Å². The molecular formula is C22H20ClN3O5. The molecule has 1 fully saturated rings. The first-order valence-corrected chi connectivity index (χ1v) is 10.0. The SMILES string of the molecule is COc1ccc(Cl)cc1/C(O)=C1\C(=O)C(=O)N(CCCn2ccnc2)[C@H]1c1ccco1.